The van der Waals surface area contributed by atoms with E-state index in [9.17, 15) is 18.4 Å². The van der Waals surface area contributed by atoms with Crippen molar-refractivity contribution in [3.05, 3.63) is 71.3 Å². The Bertz CT molecular complexity index is 934. The SMILES string of the molecule is O=C(CSc1nnc(SCC(=O)NCc2ccc(F)cc2)s1)NCc1ccc(F)cc1. The molecule has 2 N–H and O–H groups in total. The fraction of sp³-hybridized carbons (Fsp3) is 0.200. The van der Waals surface area contributed by atoms with Crippen LogP contribution in [-0.2, 0) is 22.7 Å². The molecule has 0 fully saturated rings. The molecule has 0 bridgehead atoms. The summed E-state index contributed by atoms with van der Waals surface area (Å²) in [5.74, 6) is -0.614. The van der Waals surface area contributed by atoms with E-state index in [0.29, 0.717) is 21.8 Å². The summed E-state index contributed by atoms with van der Waals surface area (Å²) in [4.78, 5) is 23.9. The second-order valence-electron chi connectivity index (χ2n) is 6.22. The molecule has 0 aliphatic rings. The van der Waals surface area contributed by atoms with Crippen LogP contribution in [0.1, 0.15) is 11.1 Å². The molecule has 3 rings (SSSR count). The lowest BCUT2D eigenvalue weighted by molar-refractivity contribution is -0.119. The average Bonchev–Trinajstić information content (AvgIpc) is 3.23. The minimum absolute atomic E-state index is 0.168. The number of halogens is 2. The standard InChI is InChI=1S/C20H18F2N4O2S3/c21-15-5-1-13(2-6-15)9-23-17(27)11-29-19-25-26-20(31-19)30-12-18(28)24-10-14-3-7-16(22)8-4-14/h1-8H,9-12H2,(H,23,27)(H,24,28). The van der Waals surface area contributed by atoms with Crippen LogP contribution in [-0.4, -0.2) is 33.5 Å². The van der Waals surface area contributed by atoms with E-state index in [-0.39, 0.29) is 35.0 Å². The van der Waals surface area contributed by atoms with Gasteiger partial charge < -0.3 is 10.6 Å². The zero-order chi connectivity index (χ0) is 22.1. The fourth-order valence-corrected chi connectivity index (χ4v) is 4.96. The van der Waals surface area contributed by atoms with Crippen LogP contribution in [0.15, 0.2) is 57.2 Å². The van der Waals surface area contributed by atoms with Crippen LogP contribution in [0.25, 0.3) is 0 Å². The lowest BCUT2D eigenvalue weighted by atomic mass is 10.2. The number of thioether (sulfide) groups is 2. The summed E-state index contributed by atoms with van der Waals surface area (Å²) >= 11 is 3.83. The van der Waals surface area contributed by atoms with E-state index in [1.807, 2.05) is 0 Å². The number of carbonyl (C=O) groups is 2. The van der Waals surface area contributed by atoms with Crippen LogP contribution in [0, 0.1) is 11.6 Å². The minimum atomic E-state index is -0.319. The largest absolute Gasteiger partial charge is 0.351 e. The third-order valence-corrected chi connectivity index (χ3v) is 7.04. The first kappa shape index (κ1) is 23.2. The van der Waals surface area contributed by atoms with E-state index in [1.54, 1.807) is 24.3 Å². The Morgan fingerprint density at radius 3 is 1.52 bits per heavy atom. The van der Waals surface area contributed by atoms with Crippen molar-refractivity contribution in [1.82, 2.24) is 20.8 Å². The van der Waals surface area contributed by atoms with Gasteiger partial charge in [-0.25, -0.2) is 8.78 Å². The highest BCUT2D eigenvalue weighted by molar-refractivity contribution is 8.03. The zero-order valence-corrected chi connectivity index (χ0v) is 18.6. The van der Waals surface area contributed by atoms with Crippen molar-refractivity contribution in [2.45, 2.75) is 21.8 Å². The molecule has 6 nitrogen and oxygen atoms in total. The Morgan fingerprint density at radius 1 is 0.742 bits per heavy atom. The molecule has 1 heterocycles. The van der Waals surface area contributed by atoms with Crippen LogP contribution < -0.4 is 10.6 Å². The normalized spacial score (nSPS) is 10.6. The van der Waals surface area contributed by atoms with E-state index < -0.39 is 0 Å². The molecular weight excluding hydrogens is 462 g/mol. The lowest BCUT2D eigenvalue weighted by Crippen LogP contribution is -2.24. The van der Waals surface area contributed by atoms with Crippen molar-refractivity contribution in [3.8, 4) is 0 Å². The predicted molar refractivity (Wildman–Crippen MR) is 118 cm³/mol. The van der Waals surface area contributed by atoms with Crippen LogP contribution >= 0.6 is 34.9 Å². The maximum atomic E-state index is 12.9. The van der Waals surface area contributed by atoms with Crippen molar-refractivity contribution >= 4 is 46.7 Å². The highest BCUT2D eigenvalue weighted by atomic mass is 32.2. The first-order chi connectivity index (χ1) is 15.0. The number of nitrogens with one attached hydrogen (secondary N) is 2. The summed E-state index contributed by atoms with van der Waals surface area (Å²) in [6.07, 6.45) is 0. The van der Waals surface area contributed by atoms with Gasteiger partial charge >= 0.3 is 0 Å². The van der Waals surface area contributed by atoms with E-state index in [4.69, 9.17) is 0 Å². The maximum absolute atomic E-state index is 12.9. The summed E-state index contributed by atoms with van der Waals surface area (Å²) in [5, 5.41) is 13.6. The molecule has 0 saturated heterocycles. The van der Waals surface area contributed by atoms with Crippen LogP contribution in [0.3, 0.4) is 0 Å². The number of nitrogens with zero attached hydrogens (tertiary/aromatic N) is 2. The number of aromatic nitrogens is 2. The van der Waals surface area contributed by atoms with Gasteiger partial charge in [-0.2, -0.15) is 0 Å². The zero-order valence-electron chi connectivity index (χ0n) is 16.1. The highest BCUT2D eigenvalue weighted by Gasteiger charge is 2.11. The molecule has 31 heavy (non-hydrogen) atoms. The summed E-state index contributed by atoms with van der Waals surface area (Å²) in [5.41, 5.74) is 1.62. The topological polar surface area (TPSA) is 84.0 Å². The molecule has 0 aliphatic carbocycles. The Labute approximate surface area is 190 Å². The summed E-state index contributed by atoms with van der Waals surface area (Å²) < 4.78 is 27.0. The maximum Gasteiger partial charge on any atom is 0.230 e. The number of hydrogen-bond donors (Lipinski definition) is 2. The Kier molecular flexibility index (Phi) is 8.80. The number of amides is 2. The van der Waals surface area contributed by atoms with Gasteiger partial charge in [0.1, 0.15) is 11.6 Å². The minimum Gasteiger partial charge on any atom is -0.351 e. The van der Waals surface area contributed by atoms with E-state index >= 15 is 0 Å². The third kappa shape index (κ3) is 8.27. The molecule has 0 atom stereocenters. The number of carbonyl (C=O) groups excluding carboxylic acids is 2. The van der Waals surface area contributed by atoms with Crippen molar-refractivity contribution in [1.29, 1.82) is 0 Å². The lowest BCUT2D eigenvalue weighted by Gasteiger charge is -2.04. The van der Waals surface area contributed by atoms with Gasteiger partial charge in [0, 0.05) is 13.1 Å². The first-order valence-corrected chi connectivity index (χ1v) is 11.9. The van der Waals surface area contributed by atoms with Gasteiger partial charge in [-0.15, -0.1) is 10.2 Å². The highest BCUT2D eigenvalue weighted by Crippen LogP contribution is 2.28. The predicted octanol–water partition coefficient (Wildman–Crippen LogP) is 3.63. The molecule has 11 heteroatoms. The molecule has 0 unspecified atom stereocenters. The molecule has 0 aliphatic heterocycles. The van der Waals surface area contributed by atoms with Gasteiger partial charge in [0.15, 0.2) is 8.68 Å². The quantitative estimate of drug-likeness (QED) is 0.431. The smallest absolute Gasteiger partial charge is 0.230 e. The van der Waals surface area contributed by atoms with Crippen molar-refractivity contribution < 1.29 is 18.4 Å². The van der Waals surface area contributed by atoms with Crippen molar-refractivity contribution in [2.75, 3.05) is 11.5 Å². The summed E-state index contributed by atoms with van der Waals surface area (Å²) in [7, 11) is 0. The molecule has 1 aromatic heterocycles. The van der Waals surface area contributed by atoms with Gasteiger partial charge in [-0.3, -0.25) is 9.59 Å². The number of hydrogen-bond acceptors (Lipinski definition) is 7. The number of rotatable bonds is 10. The fourth-order valence-electron chi connectivity index (χ4n) is 2.28. The molecule has 0 radical (unpaired) electrons. The molecule has 2 aromatic carbocycles. The molecule has 0 spiro atoms. The average molecular weight is 481 g/mol. The molecule has 0 saturated carbocycles. The monoisotopic (exact) mass is 480 g/mol. The van der Waals surface area contributed by atoms with Crippen molar-refractivity contribution in [2.24, 2.45) is 0 Å². The molecular formula is C20H18F2N4O2S3. The summed E-state index contributed by atoms with van der Waals surface area (Å²) in [6, 6.07) is 11.9. The third-order valence-electron chi connectivity index (χ3n) is 3.85. The second kappa shape index (κ2) is 11.8. The van der Waals surface area contributed by atoms with E-state index in [2.05, 4.69) is 20.8 Å². The van der Waals surface area contributed by atoms with Crippen LogP contribution in [0.5, 0.6) is 0 Å². The van der Waals surface area contributed by atoms with Crippen molar-refractivity contribution in [3.63, 3.8) is 0 Å². The first-order valence-electron chi connectivity index (χ1n) is 9.09. The van der Waals surface area contributed by atoms with Gasteiger partial charge in [0.05, 0.1) is 11.5 Å². The second-order valence-corrected chi connectivity index (χ2v) is 9.64. The van der Waals surface area contributed by atoms with Gasteiger partial charge in [0.2, 0.25) is 11.8 Å². The Balaban J connectivity index is 1.33. The number of benzene rings is 2. The van der Waals surface area contributed by atoms with Crippen LogP contribution in [0.4, 0.5) is 8.78 Å². The molecule has 162 valence electrons. The molecule has 3 aromatic rings. The van der Waals surface area contributed by atoms with E-state index in [1.165, 1.54) is 59.1 Å². The molecule has 2 amide bonds. The van der Waals surface area contributed by atoms with Gasteiger partial charge in [0.25, 0.3) is 0 Å². The Morgan fingerprint density at radius 2 is 1.13 bits per heavy atom. The van der Waals surface area contributed by atoms with Crippen LogP contribution in [0.2, 0.25) is 0 Å². The van der Waals surface area contributed by atoms with Gasteiger partial charge in [-0.1, -0.05) is 59.1 Å². The van der Waals surface area contributed by atoms with Gasteiger partial charge in [-0.05, 0) is 35.4 Å². The Hall–Kier alpha value is -2.50. The van der Waals surface area contributed by atoms with E-state index in [0.717, 1.165) is 11.1 Å². The summed E-state index contributed by atoms with van der Waals surface area (Å²) in [6.45, 7) is 0.647.